The molecule has 2 aliphatic carbocycles. The molecule has 0 unspecified atom stereocenters. The summed E-state index contributed by atoms with van der Waals surface area (Å²) in [6.07, 6.45) is 6.41. The Morgan fingerprint density at radius 1 is 1.21 bits per heavy atom. The van der Waals surface area contributed by atoms with Gasteiger partial charge >= 0.3 is 0 Å². The van der Waals surface area contributed by atoms with E-state index < -0.39 is 0 Å². The molecule has 5 aromatic rings. The lowest BCUT2D eigenvalue weighted by molar-refractivity contribution is 0.0700. The number of nitrogens with zero attached hydrogens (tertiary/aromatic N) is 5. The number of nitrogens with two attached hydrogens (primary N) is 1. The second kappa shape index (κ2) is 8.43. The number of ether oxygens (including phenoxy) is 1. The average molecular weight is 542 g/mol. The van der Waals surface area contributed by atoms with Crippen LogP contribution < -0.4 is 10.5 Å². The van der Waals surface area contributed by atoms with Crippen molar-refractivity contribution in [1.82, 2.24) is 29.2 Å². The number of rotatable bonds is 6. The van der Waals surface area contributed by atoms with Crippen LogP contribution in [0.4, 0.5) is 0 Å². The number of benzene rings is 1. The third kappa shape index (κ3) is 3.44. The van der Waals surface area contributed by atoms with Crippen LogP contribution in [0.25, 0.3) is 44.0 Å². The number of amides is 1. The first kappa shape index (κ1) is 23.3. The minimum atomic E-state index is 0.0203. The summed E-state index contributed by atoms with van der Waals surface area (Å²) in [5.74, 6) is 2.64. The first-order valence-electron chi connectivity index (χ1n) is 13.7. The van der Waals surface area contributed by atoms with E-state index in [0.717, 1.165) is 54.2 Å². The molecular formula is C29H31N7O2S. The number of hydrogen-bond acceptors (Lipinski definition) is 6. The summed E-state index contributed by atoms with van der Waals surface area (Å²) in [6, 6.07) is 8.28. The first-order valence-corrected chi connectivity index (χ1v) is 14.6. The molecule has 0 radical (unpaired) electrons. The number of nitrogens with one attached hydrogen (secondary N) is 1. The van der Waals surface area contributed by atoms with E-state index in [2.05, 4.69) is 30.8 Å². The van der Waals surface area contributed by atoms with Crippen LogP contribution in [-0.2, 0) is 13.6 Å². The number of likely N-dealkylation sites (tertiary alicyclic amines) is 1. The van der Waals surface area contributed by atoms with E-state index in [4.69, 9.17) is 15.5 Å². The quantitative estimate of drug-likeness (QED) is 0.326. The van der Waals surface area contributed by atoms with Crippen molar-refractivity contribution >= 4 is 38.5 Å². The van der Waals surface area contributed by atoms with E-state index in [1.807, 2.05) is 30.1 Å². The van der Waals surface area contributed by atoms with E-state index in [0.29, 0.717) is 23.1 Å². The van der Waals surface area contributed by atoms with Crippen molar-refractivity contribution in [3.63, 3.8) is 0 Å². The number of aromatic amines is 1. The number of carbonyl (C=O) groups excluding carboxylic acids is 1. The topological polar surface area (TPSA) is 107 Å². The Morgan fingerprint density at radius 2 is 2.08 bits per heavy atom. The largest absolute Gasteiger partial charge is 0.494 e. The minimum absolute atomic E-state index is 0.0203. The van der Waals surface area contributed by atoms with Gasteiger partial charge in [-0.1, -0.05) is 0 Å². The summed E-state index contributed by atoms with van der Waals surface area (Å²) in [7, 11) is 3.69. The fraction of sp³-hybridized carbons (Fsp3) is 0.414. The lowest BCUT2D eigenvalue weighted by Gasteiger charge is -2.27. The first-order chi connectivity index (χ1) is 19.0. The normalized spacial score (nSPS) is 22.5. The Balaban J connectivity index is 1.26. The smallest absolute Gasteiger partial charge is 0.254 e. The van der Waals surface area contributed by atoms with Gasteiger partial charge in [-0.15, -0.1) is 11.3 Å². The number of H-pyrrole nitrogens is 1. The Hall–Kier alpha value is -3.63. The van der Waals surface area contributed by atoms with Gasteiger partial charge in [0.05, 0.1) is 34.2 Å². The van der Waals surface area contributed by atoms with Gasteiger partial charge in [-0.25, -0.2) is 4.98 Å². The van der Waals surface area contributed by atoms with Crippen LogP contribution >= 0.6 is 11.3 Å². The predicted octanol–water partition coefficient (Wildman–Crippen LogP) is 4.63. The number of hydrogen-bond donors (Lipinski definition) is 2. The fourth-order valence-corrected chi connectivity index (χ4v) is 7.86. The van der Waals surface area contributed by atoms with Gasteiger partial charge in [0.15, 0.2) is 5.82 Å². The summed E-state index contributed by atoms with van der Waals surface area (Å²) in [6.45, 7) is 1.70. The highest BCUT2D eigenvalue weighted by molar-refractivity contribution is 7.17. The van der Waals surface area contributed by atoms with Crippen molar-refractivity contribution in [2.75, 3.05) is 13.7 Å². The van der Waals surface area contributed by atoms with E-state index in [-0.39, 0.29) is 18.0 Å². The molecule has 3 N–H and O–H groups in total. The summed E-state index contributed by atoms with van der Waals surface area (Å²) >= 11 is 1.75. The van der Waals surface area contributed by atoms with Crippen LogP contribution in [0.5, 0.6) is 5.75 Å². The molecule has 8 rings (SSSR count). The van der Waals surface area contributed by atoms with Crippen LogP contribution in [-0.4, -0.2) is 60.9 Å². The molecular weight excluding hydrogens is 510 g/mol. The predicted molar refractivity (Wildman–Crippen MR) is 152 cm³/mol. The maximum absolute atomic E-state index is 13.6. The fourth-order valence-electron chi connectivity index (χ4n) is 6.87. The van der Waals surface area contributed by atoms with Crippen molar-refractivity contribution in [2.45, 2.75) is 44.3 Å². The molecule has 1 aromatic carbocycles. The molecule has 3 fully saturated rings. The van der Waals surface area contributed by atoms with Crippen molar-refractivity contribution in [3.8, 4) is 28.5 Å². The molecule has 5 heterocycles. The van der Waals surface area contributed by atoms with Crippen LogP contribution in [0.1, 0.15) is 36.0 Å². The molecule has 10 heteroatoms. The van der Waals surface area contributed by atoms with Crippen molar-refractivity contribution in [2.24, 2.45) is 24.6 Å². The summed E-state index contributed by atoms with van der Waals surface area (Å²) < 4.78 is 11.6. The number of thiophene rings is 1. The summed E-state index contributed by atoms with van der Waals surface area (Å²) in [5.41, 5.74) is 13.2. The molecule has 2 saturated carbocycles. The van der Waals surface area contributed by atoms with Gasteiger partial charge in [-0.3, -0.25) is 9.89 Å². The second-order valence-electron chi connectivity index (χ2n) is 11.4. The van der Waals surface area contributed by atoms with E-state index in [1.54, 1.807) is 24.6 Å². The Labute approximate surface area is 229 Å². The molecule has 1 aliphatic heterocycles. The molecule has 4 aromatic heterocycles. The number of fused-ring (bicyclic) bond motifs is 4. The van der Waals surface area contributed by atoms with Gasteiger partial charge in [-0.05, 0) is 61.8 Å². The second-order valence-corrected chi connectivity index (χ2v) is 12.3. The monoisotopic (exact) mass is 541 g/mol. The van der Waals surface area contributed by atoms with Gasteiger partial charge < -0.3 is 24.5 Å². The molecule has 0 spiro atoms. The molecule has 3 aliphatic rings. The lowest BCUT2D eigenvalue weighted by atomic mass is 10.1. The zero-order valence-corrected chi connectivity index (χ0v) is 22.9. The molecule has 39 heavy (non-hydrogen) atoms. The van der Waals surface area contributed by atoms with Gasteiger partial charge in [0.1, 0.15) is 11.3 Å². The zero-order valence-electron chi connectivity index (χ0n) is 22.1. The van der Waals surface area contributed by atoms with Crippen molar-refractivity contribution in [3.05, 3.63) is 41.4 Å². The Bertz CT molecular complexity index is 1740. The lowest BCUT2D eigenvalue weighted by Crippen LogP contribution is -2.41. The highest BCUT2D eigenvalue weighted by Gasteiger charge is 2.47. The third-order valence-corrected chi connectivity index (χ3v) is 10.0. The number of carbonyl (C=O) groups is 1. The number of methoxy groups -OCH3 is 1. The minimum Gasteiger partial charge on any atom is -0.494 e. The van der Waals surface area contributed by atoms with Crippen LogP contribution in [0, 0.1) is 11.8 Å². The van der Waals surface area contributed by atoms with Gasteiger partial charge in [-0.2, -0.15) is 5.10 Å². The van der Waals surface area contributed by atoms with Crippen LogP contribution in [0.3, 0.4) is 0 Å². The zero-order chi connectivity index (χ0) is 26.4. The standard InChI is InChI=1S/C29H31N7O2S/c1-34-27-20(9-17(10-23(27)38-2)29(37)36-13-16-5-6-21(36)25(16)30)32-28(34)22-11-24-26(35(22)12-15-3-4-15)18(14-39-24)19-7-8-31-33-19/h7-11,14-16,21,25H,3-6,12-13,30H2,1-2H3,(H,31,33)/t16-,21-,25-/m1/s1. The number of imidazole rings is 1. The summed E-state index contributed by atoms with van der Waals surface area (Å²) in [4.78, 5) is 20.7. The number of aryl methyl sites for hydroxylation is 1. The number of aromatic nitrogens is 5. The Kier molecular flexibility index (Phi) is 5.03. The SMILES string of the molecule is COc1cc(C(=O)N2C[C@H]3CC[C@@H]2[C@@H]3N)cc2nc(-c3cc4scc(-c5ccn[nH]5)c4n3CC3CC3)n(C)c12. The Morgan fingerprint density at radius 3 is 2.77 bits per heavy atom. The van der Waals surface area contributed by atoms with E-state index in [1.165, 1.54) is 28.6 Å². The van der Waals surface area contributed by atoms with E-state index in [9.17, 15) is 4.79 Å². The maximum atomic E-state index is 13.6. The van der Waals surface area contributed by atoms with Gasteiger partial charge in [0.25, 0.3) is 5.91 Å². The average Bonchev–Trinajstić information content (AvgIpc) is 3.47. The van der Waals surface area contributed by atoms with Gasteiger partial charge in [0.2, 0.25) is 0 Å². The molecule has 9 nitrogen and oxygen atoms in total. The van der Waals surface area contributed by atoms with Crippen molar-refractivity contribution < 1.29 is 9.53 Å². The molecule has 200 valence electrons. The van der Waals surface area contributed by atoms with Crippen LogP contribution in [0.15, 0.2) is 35.8 Å². The maximum Gasteiger partial charge on any atom is 0.254 e. The molecule has 1 amide bonds. The number of piperidine rings is 1. The van der Waals surface area contributed by atoms with Crippen LogP contribution in [0.2, 0.25) is 0 Å². The summed E-state index contributed by atoms with van der Waals surface area (Å²) in [5, 5.41) is 9.53. The molecule has 1 saturated heterocycles. The third-order valence-electron chi connectivity index (χ3n) is 9.09. The van der Waals surface area contributed by atoms with E-state index >= 15 is 0 Å². The molecule has 3 atom stereocenters. The van der Waals surface area contributed by atoms with Crippen molar-refractivity contribution in [1.29, 1.82) is 0 Å². The molecule has 2 bridgehead atoms. The highest BCUT2D eigenvalue weighted by Crippen LogP contribution is 2.43. The highest BCUT2D eigenvalue weighted by atomic mass is 32.1. The van der Waals surface area contributed by atoms with Gasteiger partial charge in [0, 0.05) is 54.9 Å².